The van der Waals surface area contributed by atoms with E-state index < -0.39 is 0 Å². The van der Waals surface area contributed by atoms with E-state index in [1.807, 2.05) is 37.4 Å². The van der Waals surface area contributed by atoms with Crippen LogP contribution in [0.3, 0.4) is 0 Å². The molecule has 0 radical (unpaired) electrons. The van der Waals surface area contributed by atoms with E-state index in [-0.39, 0.29) is 42.2 Å². The molecule has 0 bridgehead atoms. The van der Waals surface area contributed by atoms with Crippen molar-refractivity contribution in [2.24, 2.45) is 34.5 Å². The van der Waals surface area contributed by atoms with E-state index in [2.05, 4.69) is 24.1 Å². The Labute approximate surface area is 221 Å². The van der Waals surface area contributed by atoms with Gasteiger partial charge in [-0.3, -0.25) is 14.4 Å². The zero-order chi connectivity index (χ0) is 26.2. The van der Waals surface area contributed by atoms with E-state index in [4.69, 9.17) is 4.74 Å². The minimum Gasteiger partial charge on any atom is -0.461 e. The lowest BCUT2D eigenvalue weighted by molar-refractivity contribution is -0.158. The highest BCUT2D eigenvalue weighted by atomic mass is 16.5. The number of ether oxygens (including phenoxy) is 1. The van der Waals surface area contributed by atoms with Crippen molar-refractivity contribution >= 4 is 17.8 Å². The number of piperidine rings is 1. The van der Waals surface area contributed by atoms with E-state index in [0.29, 0.717) is 42.7 Å². The molecule has 4 fully saturated rings. The first-order valence-corrected chi connectivity index (χ1v) is 14.4. The van der Waals surface area contributed by atoms with Crippen LogP contribution in [0.25, 0.3) is 0 Å². The van der Waals surface area contributed by atoms with Gasteiger partial charge in [0, 0.05) is 32.5 Å². The third kappa shape index (κ3) is 4.93. The molecule has 4 aliphatic rings. The standard InChI is InChI=1S/C31H44N2O4/c1-30-17-15-25-23(10-12-26-31(25,2)18-16-28(35)33(26)3)24(30)11-9-22(30)19-32-27(34)13-14-29(36)37-20-21-7-5-4-6-8-21/h4-8,22-26H,9-20H2,1-3H3,(H,32,34)/t22?,23-,24-,25-,26+,30+,31+/m0/s1. The van der Waals surface area contributed by atoms with Crippen molar-refractivity contribution in [2.75, 3.05) is 13.6 Å². The number of carbonyl (C=O) groups is 3. The van der Waals surface area contributed by atoms with Crippen LogP contribution in [0.5, 0.6) is 0 Å². The predicted molar refractivity (Wildman–Crippen MR) is 142 cm³/mol. The summed E-state index contributed by atoms with van der Waals surface area (Å²) in [5, 5.41) is 3.16. The molecule has 6 heteroatoms. The van der Waals surface area contributed by atoms with Gasteiger partial charge in [0.25, 0.3) is 0 Å². The Kier molecular flexibility index (Phi) is 7.39. The number of fused-ring (bicyclic) bond motifs is 5. The number of likely N-dealkylation sites (tertiary alicyclic amines) is 1. The van der Waals surface area contributed by atoms with E-state index in [1.165, 1.54) is 32.1 Å². The first-order chi connectivity index (χ1) is 17.7. The number of benzene rings is 1. The van der Waals surface area contributed by atoms with Crippen molar-refractivity contribution < 1.29 is 19.1 Å². The molecule has 1 aliphatic heterocycles. The Bertz CT molecular complexity index is 1010. The highest BCUT2D eigenvalue weighted by molar-refractivity contribution is 5.81. The fraction of sp³-hybridized carbons (Fsp3) is 0.710. The molecule has 37 heavy (non-hydrogen) atoms. The summed E-state index contributed by atoms with van der Waals surface area (Å²) in [6.45, 7) is 5.90. The molecule has 202 valence electrons. The lowest BCUT2D eigenvalue weighted by Gasteiger charge is -2.61. The minimum absolute atomic E-state index is 0.0553. The number of hydrogen-bond donors (Lipinski definition) is 1. The van der Waals surface area contributed by atoms with Crippen LogP contribution in [0.15, 0.2) is 30.3 Å². The molecule has 1 heterocycles. The smallest absolute Gasteiger partial charge is 0.306 e. The van der Waals surface area contributed by atoms with E-state index in [0.717, 1.165) is 24.3 Å². The van der Waals surface area contributed by atoms with Crippen molar-refractivity contribution in [1.29, 1.82) is 0 Å². The van der Waals surface area contributed by atoms with Crippen LogP contribution in [0.2, 0.25) is 0 Å². The highest BCUT2D eigenvalue weighted by Gasteiger charge is 2.60. The normalized spacial score (nSPS) is 36.8. The number of nitrogens with zero attached hydrogens (tertiary/aromatic N) is 1. The van der Waals surface area contributed by atoms with E-state index in [9.17, 15) is 14.4 Å². The fourth-order valence-corrected chi connectivity index (χ4v) is 8.95. The summed E-state index contributed by atoms with van der Waals surface area (Å²) in [5.74, 6) is 2.58. The molecule has 1 N–H and O–H groups in total. The summed E-state index contributed by atoms with van der Waals surface area (Å²) in [7, 11) is 2.02. The SMILES string of the molecule is CN1C(=O)CC[C@]2(C)[C@H]3CC[C@]4(C)C(CNC(=O)CCC(=O)OCc5ccccc5)CC[C@H]4[C@@H]3CC[C@@H]12. The van der Waals surface area contributed by atoms with Crippen LogP contribution in [0, 0.1) is 34.5 Å². The van der Waals surface area contributed by atoms with Crippen LogP contribution in [0.4, 0.5) is 0 Å². The van der Waals surface area contributed by atoms with Gasteiger partial charge in [-0.25, -0.2) is 0 Å². The molecule has 6 nitrogen and oxygen atoms in total. The largest absolute Gasteiger partial charge is 0.461 e. The van der Waals surface area contributed by atoms with Crippen molar-refractivity contribution in [3.05, 3.63) is 35.9 Å². The summed E-state index contributed by atoms with van der Waals surface area (Å²) in [5.41, 5.74) is 1.46. The third-order valence-electron chi connectivity index (χ3n) is 11.1. The number of hydrogen-bond acceptors (Lipinski definition) is 4. The molecule has 2 amide bonds. The Balaban J connectivity index is 1.11. The monoisotopic (exact) mass is 508 g/mol. The first-order valence-electron chi connectivity index (χ1n) is 14.4. The number of nitrogens with one attached hydrogen (secondary N) is 1. The summed E-state index contributed by atoms with van der Waals surface area (Å²) < 4.78 is 5.31. The molecule has 3 saturated carbocycles. The van der Waals surface area contributed by atoms with E-state index >= 15 is 0 Å². The molecule has 1 aromatic rings. The fourth-order valence-electron chi connectivity index (χ4n) is 8.95. The number of carbonyl (C=O) groups excluding carboxylic acids is 3. The topological polar surface area (TPSA) is 75.7 Å². The molecule has 0 spiro atoms. The second-order valence-corrected chi connectivity index (χ2v) is 12.7. The molecule has 3 aliphatic carbocycles. The van der Waals surface area contributed by atoms with Gasteiger partial charge in [-0.1, -0.05) is 44.2 Å². The second kappa shape index (κ2) is 10.4. The third-order valence-corrected chi connectivity index (χ3v) is 11.1. The number of amides is 2. The Morgan fingerprint density at radius 3 is 2.51 bits per heavy atom. The Morgan fingerprint density at radius 1 is 0.973 bits per heavy atom. The zero-order valence-electron chi connectivity index (χ0n) is 22.8. The second-order valence-electron chi connectivity index (χ2n) is 12.7. The average Bonchev–Trinajstić information content (AvgIpc) is 3.24. The summed E-state index contributed by atoms with van der Waals surface area (Å²) >= 11 is 0. The summed E-state index contributed by atoms with van der Waals surface area (Å²) in [4.78, 5) is 39.1. The van der Waals surface area contributed by atoms with Crippen LogP contribution in [-0.4, -0.2) is 42.3 Å². The molecular weight excluding hydrogens is 464 g/mol. The van der Waals surface area contributed by atoms with Crippen LogP contribution in [0.1, 0.15) is 83.6 Å². The van der Waals surface area contributed by atoms with Gasteiger partial charge in [0.05, 0.1) is 6.42 Å². The molecule has 5 rings (SSSR count). The molecule has 1 unspecified atom stereocenters. The first kappa shape index (κ1) is 26.2. The van der Waals surface area contributed by atoms with Gasteiger partial charge in [-0.15, -0.1) is 0 Å². The average molecular weight is 509 g/mol. The van der Waals surface area contributed by atoms with Crippen LogP contribution < -0.4 is 5.32 Å². The Hall–Kier alpha value is -2.37. The number of esters is 1. The predicted octanol–water partition coefficient (Wildman–Crippen LogP) is 5.11. The quantitative estimate of drug-likeness (QED) is 0.520. The minimum atomic E-state index is -0.329. The van der Waals surface area contributed by atoms with Gasteiger partial charge in [0.15, 0.2) is 0 Å². The molecule has 1 aromatic carbocycles. The van der Waals surface area contributed by atoms with Crippen molar-refractivity contribution in [3.63, 3.8) is 0 Å². The summed E-state index contributed by atoms with van der Waals surface area (Å²) in [6.07, 6.45) is 9.27. The maximum atomic E-state index is 12.6. The highest BCUT2D eigenvalue weighted by Crippen LogP contribution is 2.66. The maximum absolute atomic E-state index is 12.6. The summed E-state index contributed by atoms with van der Waals surface area (Å²) in [6, 6.07) is 10.00. The van der Waals surface area contributed by atoms with Crippen LogP contribution in [-0.2, 0) is 25.7 Å². The molecule has 0 aromatic heterocycles. The molecule has 7 atom stereocenters. The maximum Gasteiger partial charge on any atom is 0.306 e. The van der Waals surface area contributed by atoms with Gasteiger partial charge >= 0.3 is 5.97 Å². The van der Waals surface area contributed by atoms with E-state index in [1.54, 1.807) is 0 Å². The van der Waals surface area contributed by atoms with Gasteiger partial charge < -0.3 is 15.0 Å². The van der Waals surface area contributed by atoms with Crippen molar-refractivity contribution in [2.45, 2.75) is 90.7 Å². The number of rotatable bonds is 7. The lowest BCUT2D eigenvalue weighted by Crippen LogP contribution is -2.61. The Morgan fingerprint density at radius 2 is 1.73 bits per heavy atom. The van der Waals surface area contributed by atoms with Gasteiger partial charge in [0.1, 0.15) is 6.61 Å². The van der Waals surface area contributed by atoms with Gasteiger partial charge in [-0.2, -0.15) is 0 Å². The van der Waals surface area contributed by atoms with Gasteiger partial charge in [-0.05, 0) is 85.0 Å². The van der Waals surface area contributed by atoms with Crippen molar-refractivity contribution in [3.8, 4) is 0 Å². The zero-order valence-corrected chi connectivity index (χ0v) is 22.8. The molecule has 1 saturated heterocycles. The molecular formula is C31H44N2O4. The van der Waals surface area contributed by atoms with Crippen LogP contribution >= 0.6 is 0 Å². The van der Waals surface area contributed by atoms with Gasteiger partial charge in [0.2, 0.25) is 11.8 Å². The lowest BCUT2D eigenvalue weighted by atomic mass is 9.47. The van der Waals surface area contributed by atoms with Crippen molar-refractivity contribution in [1.82, 2.24) is 10.2 Å².